The maximum absolute atomic E-state index is 11.5. The van der Waals surface area contributed by atoms with Crippen LogP contribution >= 0.6 is 15.9 Å². The first-order chi connectivity index (χ1) is 7.66. The third-order valence-corrected chi connectivity index (χ3v) is 3.24. The molecule has 0 spiro atoms. The number of Topliss-reactive ketones (excluding diaryl/α,β-unsaturated/α-hetero) is 1. The first-order valence-corrected chi connectivity index (χ1v) is 6.19. The molecule has 0 bridgehead atoms. The van der Waals surface area contributed by atoms with Crippen molar-refractivity contribution in [2.75, 3.05) is 31.1 Å². The topological polar surface area (TPSA) is 32.3 Å². The van der Waals surface area contributed by atoms with Gasteiger partial charge in [0.1, 0.15) is 0 Å². The van der Waals surface area contributed by atoms with Gasteiger partial charge in [-0.05, 0) is 30.7 Å². The summed E-state index contributed by atoms with van der Waals surface area (Å²) in [5.41, 5.74) is 2.35. The first kappa shape index (κ1) is 11.6. The van der Waals surface area contributed by atoms with E-state index in [1.807, 2.05) is 6.07 Å². The van der Waals surface area contributed by atoms with Gasteiger partial charge < -0.3 is 10.2 Å². The second-order valence-corrected chi connectivity index (χ2v) is 4.98. The molecular weight excluding hydrogens is 268 g/mol. The molecule has 0 amide bonds. The summed E-state index contributed by atoms with van der Waals surface area (Å²) in [5, 5.41) is 3.13. The van der Waals surface area contributed by atoms with Crippen LogP contribution in [0.4, 0.5) is 5.69 Å². The number of hydrogen-bond donors (Lipinski definition) is 1. The van der Waals surface area contributed by atoms with Gasteiger partial charge in [0.25, 0.3) is 0 Å². The van der Waals surface area contributed by atoms with Crippen molar-refractivity contribution in [3.8, 4) is 0 Å². The summed E-state index contributed by atoms with van der Waals surface area (Å²) in [4.78, 5) is 13.7. The number of hydrogen-bond acceptors (Lipinski definition) is 3. The number of ketones is 1. The van der Waals surface area contributed by atoms with E-state index in [1.54, 1.807) is 0 Å². The van der Waals surface area contributed by atoms with Gasteiger partial charge >= 0.3 is 0 Å². The standard InChI is InChI=1S/C12H15BrN2O/c1-9-6-10(13)2-3-12(9)15-5-4-14-7-11(16)8-15/h2-3,6,14H,4-5,7-8H2,1H3. The third kappa shape index (κ3) is 2.62. The van der Waals surface area contributed by atoms with E-state index >= 15 is 0 Å². The highest BCUT2D eigenvalue weighted by molar-refractivity contribution is 9.10. The van der Waals surface area contributed by atoms with Gasteiger partial charge in [0, 0.05) is 23.2 Å². The summed E-state index contributed by atoms with van der Waals surface area (Å²) in [7, 11) is 0. The Bertz CT molecular complexity index is 406. The zero-order chi connectivity index (χ0) is 11.5. The molecule has 2 rings (SSSR count). The largest absolute Gasteiger partial charge is 0.363 e. The van der Waals surface area contributed by atoms with E-state index in [0.717, 1.165) is 23.2 Å². The molecule has 0 aliphatic carbocycles. The predicted molar refractivity (Wildman–Crippen MR) is 69.0 cm³/mol. The van der Waals surface area contributed by atoms with Gasteiger partial charge in [-0.15, -0.1) is 0 Å². The minimum absolute atomic E-state index is 0.250. The van der Waals surface area contributed by atoms with E-state index in [-0.39, 0.29) is 5.78 Å². The van der Waals surface area contributed by atoms with Gasteiger partial charge in [0.05, 0.1) is 13.1 Å². The number of nitrogens with one attached hydrogen (secondary N) is 1. The van der Waals surface area contributed by atoms with Crippen molar-refractivity contribution in [1.82, 2.24) is 5.32 Å². The molecule has 0 atom stereocenters. The molecule has 0 aromatic heterocycles. The fourth-order valence-electron chi connectivity index (χ4n) is 1.97. The predicted octanol–water partition coefficient (Wildman–Crippen LogP) is 1.74. The van der Waals surface area contributed by atoms with Gasteiger partial charge in [0.2, 0.25) is 0 Å². The molecule has 86 valence electrons. The van der Waals surface area contributed by atoms with Crippen molar-refractivity contribution >= 4 is 27.4 Å². The molecule has 1 fully saturated rings. The van der Waals surface area contributed by atoms with E-state index in [1.165, 1.54) is 5.56 Å². The number of aryl methyl sites for hydroxylation is 1. The number of halogens is 1. The molecule has 1 aliphatic heterocycles. The van der Waals surface area contributed by atoms with Crippen molar-refractivity contribution in [1.29, 1.82) is 0 Å². The molecule has 1 aliphatic rings. The number of carbonyl (C=O) groups is 1. The van der Waals surface area contributed by atoms with Gasteiger partial charge in [-0.2, -0.15) is 0 Å². The lowest BCUT2D eigenvalue weighted by atomic mass is 10.1. The average molecular weight is 283 g/mol. The van der Waals surface area contributed by atoms with Gasteiger partial charge in [-0.3, -0.25) is 4.79 Å². The molecule has 1 N–H and O–H groups in total. The van der Waals surface area contributed by atoms with Crippen LogP contribution in [0.5, 0.6) is 0 Å². The highest BCUT2D eigenvalue weighted by atomic mass is 79.9. The summed E-state index contributed by atoms with van der Waals surface area (Å²) in [6.45, 7) is 4.82. The minimum atomic E-state index is 0.250. The Balaban J connectivity index is 2.24. The quantitative estimate of drug-likeness (QED) is 0.852. The zero-order valence-corrected chi connectivity index (χ0v) is 10.9. The second-order valence-electron chi connectivity index (χ2n) is 4.07. The second kappa shape index (κ2) is 4.97. The lowest BCUT2D eigenvalue weighted by Crippen LogP contribution is -2.30. The molecular formula is C12H15BrN2O. The van der Waals surface area contributed by atoms with E-state index in [4.69, 9.17) is 0 Å². The highest BCUT2D eigenvalue weighted by Crippen LogP contribution is 2.23. The van der Waals surface area contributed by atoms with Crippen LogP contribution < -0.4 is 10.2 Å². The number of anilines is 1. The van der Waals surface area contributed by atoms with Gasteiger partial charge in [-0.25, -0.2) is 0 Å². The first-order valence-electron chi connectivity index (χ1n) is 5.40. The van der Waals surface area contributed by atoms with Crippen LogP contribution in [-0.2, 0) is 4.79 Å². The van der Waals surface area contributed by atoms with Crippen LogP contribution in [-0.4, -0.2) is 32.0 Å². The lowest BCUT2D eigenvalue weighted by Gasteiger charge is -2.23. The summed E-state index contributed by atoms with van der Waals surface area (Å²) in [5.74, 6) is 0.250. The van der Waals surface area contributed by atoms with Crippen molar-refractivity contribution in [3.63, 3.8) is 0 Å². The molecule has 1 aromatic carbocycles. The fourth-order valence-corrected chi connectivity index (χ4v) is 2.44. The Morgan fingerprint density at radius 2 is 2.25 bits per heavy atom. The summed E-state index contributed by atoms with van der Waals surface area (Å²) < 4.78 is 1.08. The van der Waals surface area contributed by atoms with E-state index < -0.39 is 0 Å². The van der Waals surface area contributed by atoms with E-state index in [0.29, 0.717) is 13.1 Å². The molecule has 1 heterocycles. The van der Waals surface area contributed by atoms with Crippen LogP contribution in [0.3, 0.4) is 0 Å². The fraction of sp³-hybridized carbons (Fsp3) is 0.417. The molecule has 0 unspecified atom stereocenters. The number of carbonyl (C=O) groups excluding carboxylic acids is 1. The molecule has 1 saturated heterocycles. The SMILES string of the molecule is Cc1cc(Br)ccc1N1CCNCC(=O)C1. The Morgan fingerprint density at radius 1 is 1.44 bits per heavy atom. The Labute approximate surface area is 104 Å². The Hall–Kier alpha value is -0.870. The van der Waals surface area contributed by atoms with Gasteiger partial charge in [0.15, 0.2) is 5.78 Å². The van der Waals surface area contributed by atoms with E-state index in [9.17, 15) is 4.79 Å². The molecule has 1 aromatic rings. The third-order valence-electron chi connectivity index (χ3n) is 2.75. The molecule has 4 heteroatoms. The number of nitrogens with zero attached hydrogens (tertiary/aromatic N) is 1. The van der Waals surface area contributed by atoms with Crippen LogP contribution in [0.15, 0.2) is 22.7 Å². The van der Waals surface area contributed by atoms with Gasteiger partial charge in [-0.1, -0.05) is 15.9 Å². The summed E-state index contributed by atoms with van der Waals surface area (Å²) in [6.07, 6.45) is 0. The van der Waals surface area contributed by atoms with Crippen molar-refractivity contribution < 1.29 is 4.79 Å². The summed E-state index contributed by atoms with van der Waals surface area (Å²) >= 11 is 3.45. The van der Waals surface area contributed by atoms with Crippen LogP contribution in [0.25, 0.3) is 0 Å². The Morgan fingerprint density at radius 3 is 3.00 bits per heavy atom. The maximum Gasteiger partial charge on any atom is 0.165 e. The average Bonchev–Trinajstić information content (AvgIpc) is 2.43. The van der Waals surface area contributed by atoms with Crippen molar-refractivity contribution in [2.45, 2.75) is 6.92 Å². The molecule has 3 nitrogen and oxygen atoms in total. The summed E-state index contributed by atoms with van der Waals surface area (Å²) in [6, 6.07) is 6.17. The van der Waals surface area contributed by atoms with Crippen LogP contribution in [0.1, 0.15) is 5.56 Å². The van der Waals surface area contributed by atoms with E-state index in [2.05, 4.69) is 45.2 Å². The van der Waals surface area contributed by atoms with Crippen LogP contribution in [0.2, 0.25) is 0 Å². The van der Waals surface area contributed by atoms with Crippen molar-refractivity contribution in [3.05, 3.63) is 28.2 Å². The molecule has 16 heavy (non-hydrogen) atoms. The monoisotopic (exact) mass is 282 g/mol. The maximum atomic E-state index is 11.5. The Kier molecular flexibility index (Phi) is 3.61. The number of rotatable bonds is 1. The van der Waals surface area contributed by atoms with Crippen molar-refractivity contribution in [2.24, 2.45) is 0 Å². The minimum Gasteiger partial charge on any atom is -0.363 e. The highest BCUT2D eigenvalue weighted by Gasteiger charge is 2.16. The van der Waals surface area contributed by atoms with Crippen LogP contribution in [0, 0.1) is 6.92 Å². The molecule has 0 radical (unpaired) electrons. The molecule has 0 saturated carbocycles. The smallest absolute Gasteiger partial charge is 0.165 e. The zero-order valence-electron chi connectivity index (χ0n) is 9.29. The number of benzene rings is 1. The normalized spacial score (nSPS) is 17.4. The lowest BCUT2D eigenvalue weighted by molar-refractivity contribution is -0.116.